The van der Waals surface area contributed by atoms with Gasteiger partial charge in [0.1, 0.15) is 6.10 Å². The lowest BCUT2D eigenvalue weighted by Crippen LogP contribution is -2.35. The van der Waals surface area contributed by atoms with Gasteiger partial charge in [-0.25, -0.2) is 4.98 Å². The molecule has 1 amide bonds. The number of hydrogen-bond acceptors (Lipinski definition) is 6. The van der Waals surface area contributed by atoms with Gasteiger partial charge in [-0.15, -0.1) is 0 Å². The number of nitrogens with one attached hydrogen (secondary N) is 1. The molecule has 7 nitrogen and oxygen atoms in total. The lowest BCUT2D eigenvalue weighted by Gasteiger charge is -2.26. The molecule has 0 aliphatic carbocycles. The van der Waals surface area contributed by atoms with Crippen LogP contribution in [0.5, 0.6) is 0 Å². The maximum atomic E-state index is 13.1. The first-order valence-electron chi connectivity index (χ1n) is 11.0. The summed E-state index contributed by atoms with van der Waals surface area (Å²) < 4.78 is 39.2. The molecular weight excluding hydrogens is 461 g/mol. The fraction of sp³-hybridized carbons (Fsp3) is 0.280. The number of benzene rings is 2. The normalized spacial score (nSPS) is 15.3. The third-order valence-corrected chi connectivity index (χ3v) is 5.89. The number of aliphatic hydroxyl groups is 2. The number of fused-ring (bicyclic) bond motifs is 1. The molecule has 1 atom stereocenters. The molecule has 0 saturated carbocycles. The maximum Gasteiger partial charge on any atom is 0.416 e. The SMILES string of the molecule is O=CNCN1CCN(c2ccc(C(F)(F)F)cc2)c2ccc(-c3cccc([C@H](O)CO)n3)cc2C1. The van der Waals surface area contributed by atoms with Crippen molar-refractivity contribution in [2.24, 2.45) is 0 Å². The van der Waals surface area contributed by atoms with E-state index in [4.69, 9.17) is 0 Å². The number of aromatic nitrogens is 1. The molecule has 0 saturated heterocycles. The van der Waals surface area contributed by atoms with Crippen LogP contribution in [0.25, 0.3) is 11.3 Å². The Morgan fingerprint density at radius 2 is 1.86 bits per heavy atom. The summed E-state index contributed by atoms with van der Waals surface area (Å²) in [5.74, 6) is 0. The zero-order valence-electron chi connectivity index (χ0n) is 18.7. The Labute approximate surface area is 200 Å². The van der Waals surface area contributed by atoms with Crippen LogP contribution in [0.4, 0.5) is 24.5 Å². The van der Waals surface area contributed by atoms with Gasteiger partial charge < -0.3 is 20.4 Å². The third kappa shape index (κ3) is 5.61. The monoisotopic (exact) mass is 486 g/mol. The number of amides is 1. The van der Waals surface area contributed by atoms with Crippen molar-refractivity contribution in [2.75, 3.05) is 31.3 Å². The number of anilines is 2. The van der Waals surface area contributed by atoms with Crippen LogP contribution in [-0.4, -0.2) is 52.9 Å². The molecule has 0 spiro atoms. The van der Waals surface area contributed by atoms with E-state index >= 15 is 0 Å². The van der Waals surface area contributed by atoms with Crippen molar-refractivity contribution in [1.29, 1.82) is 0 Å². The van der Waals surface area contributed by atoms with E-state index < -0.39 is 24.5 Å². The number of pyridine rings is 1. The summed E-state index contributed by atoms with van der Waals surface area (Å²) >= 11 is 0. The van der Waals surface area contributed by atoms with Crippen molar-refractivity contribution in [3.8, 4) is 11.3 Å². The predicted octanol–water partition coefficient (Wildman–Crippen LogP) is 3.45. The van der Waals surface area contributed by atoms with Gasteiger partial charge in [0.2, 0.25) is 6.41 Å². The second kappa shape index (κ2) is 10.4. The number of rotatable bonds is 7. The molecule has 1 aliphatic rings. The van der Waals surface area contributed by atoms with Crippen LogP contribution in [0, 0.1) is 0 Å². The highest BCUT2D eigenvalue weighted by atomic mass is 19.4. The Bertz CT molecular complexity index is 1170. The van der Waals surface area contributed by atoms with Gasteiger partial charge in [-0.1, -0.05) is 12.1 Å². The van der Waals surface area contributed by atoms with Crippen molar-refractivity contribution < 1.29 is 28.2 Å². The average Bonchev–Trinajstić information content (AvgIpc) is 3.05. The molecule has 3 N–H and O–H groups in total. The summed E-state index contributed by atoms with van der Waals surface area (Å²) in [5, 5.41) is 21.9. The minimum atomic E-state index is -4.41. The topological polar surface area (TPSA) is 88.9 Å². The van der Waals surface area contributed by atoms with Crippen molar-refractivity contribution in [3.63, 3.8) is 0 Å². The molecule has 1 aliphatic heterocycles. The first kappa shape index (κ1) is 24.6. The van der Waals surface area contributed by atoms with E-state index in [-0.39, 0.29) is 0 Å². The van der Waals surface area contributed by atoms with E-state index in [1.807, 2.05) is 28.0 Å². The quantitative estimate of drug-likeness (QED) is 0.444. The summed E-state index contributed by atoms with van der Waals surface area (Å²) in [6.45, 7) is 1.46. The van der Waals surface area contributed by atoms with Gasteiger partial charge in [0.05, 0.1) is 30.2 Å². The molecular formula is C25H25F3N4O3. The van der Waals surface area contributed by atoms with Crippen LogP contribution in [-0.2, 0) is 17.5 Å². The second-order valence-corrected chi connectivity index (χ2v) is 8.22. The summed E-state index contributed by atoms with van der Waals surface area (Å²) in [5.41, 5.74) is 3.41. The molecule has 0 bridgehead atoms. The Kier molecular flexibility index (Phi) is 7.34. The molecule has 0 fully saturated rings. The third-order valence-electron chi connectivity index (χ3n) is 5.89. The van der Waals surface area contributed by atoms with Gasteiger partial charge in [-0.3, -0.25) is 9.69 Å². The van der Waals surface area contributed by atoms with Crippen LogP contribution < -0.4 is 10.2 Å². The fourth-order valence-corrected chi connectivity index (χ4v) is 4.11. The van der Waals surface area contributed by atoms with Gasteiger partial charge in [-0.2, -0.15) is 13.2 Å². The largest absolute Gasteiger partial charge is 0.416 e. The van der Waals surface area contributed by atoms with E-state index in [0.29, 0.717) is 49.8 Å². The number of hydrogen-bond donors (Lipinski definition) is 3. The van der Waals surface area contributed by atoms with Crippen LogP contribution in [0.2, 0.25) is 0 Å². The number of halogens is 3. The van der Waals surface area contributed by atoms with E-state index in [9.17, 15) is 28.2 Å². The van der Waals surface area contributed by atoms with Crippen molar-refractivity contribution in [1.82, 2.24) is 15.2 Å². The molecule has 3 aromatic rings. The zero-order valence-corrected chi connectivity index (χ0v) is 18.7. The van der Waals surface area contributed by atoms with Gasteiger partial charge in [-0.05, 0) is 54.1 Å². The van der Waals surface area contributed by atoms with Gasteiger partial charge >= 0.3 is 6.18 Å². The lowest BCUT2D eigenvalue weighted by molar-refractivity contribution is -0.137. The average molecular weight is 486 g/mol. The van der Waals surface area contributed by atoms with E-state index in [1.54, 1.807) is 18.2 Å². The van der Waals surface area contributed by atoms with Crippen molar-refractivity contribution >= 4 is 17.8 Å². The van der Waals surface area contributed by atoms with Crippen LogP contribution in [0.3, 0.4) is 0 Å². The molecule has 10 heteroatoms. The van der Waals surface area contributed by atoms with E-state index in [0.717, 1.165) is 28.9 Å². The van der Waals surface area contributed by atoms with Crippen LogP contribution >= 0.6 is 0 Å². The van der Waals surface area contributed by atoms with Gasteiger partial charge in [0.15, 0.2) is 0 Å². The summed E-state index contributed by atoms with van der Waals surface area (Å²) in [7, 11) is 0. The van der Waals surface area contributed by atoms with E-state index in [1.165, 1.54) is 12.1 Å². The van der Waals surface area contributed by atoms with Crippen LogP contribution in [0.15, 0.2) is 60.7 Å². The number of carbonyl (C=O) groups is 1. The molecule has 2 aromatic carbocycles. The Hall–Kier alpha value is -3.47. The predicted molar refractivity (Wildman–Crippen MR) is 125 cm³/mol. The first-order valence-corrected chi connectivity index (χ1v) is 11.0. The molecule has 4 rings (SSSR count). The molecule has 0 unspecified atom stereocenters. The minimum Gasteiger partial charge on any atom is -0.393 e. The van der Waals surface area contributed by atoms with E-state index in [2.05, 4.69) is 10.3 Å². The molecule has 184 valence electrons. The summed E-state index contributed by atoms with van der Waals surface area (Å²) in [6.07, 6.45) is -4.87. The Morgan fingerprint density at radius 3 is 2.54 bits per heavy atom. The van der Waals surface area contributed by atoms with Crippen LogP contribution in [0.1, 0.15) is 22.9 Å². The molecule has 35 heavy (non-hydrogen) atoms. The molecule has 0 radical (unpaired) electrons. The Balaban J connectivity index is 1.72. The highest BCUT2D eigenvalue weighted by molar-refractivity contribution is 5.72. The standard InChI is InChI=1S/C25H25F3N4O3/c26-25(27,28)19-5-7-20(8-6-19)32-11-10-31(15-29-16-34)13-18-12-17(4-9-23(18)32)21-2-1-3-22(30-21)24(35)14-33/h1-9,12,16,24,33,35H,10-11,13-15H2,(H,29,34)/t24-/m1/s1. The molecule has 1 aromatic heterocycles. The van der Waals surface area contributed by atoms with Crippen molar-refractivity contribution in [2.45, 2.75) is 18.8 Å². The number of nitrogens with zero attached hydrogens (tertiary/aromatic N) is 3. The highest BCUT2D eigenvalue weighted by Crippen LogP contribution is 2.36. The number of alkyl halides is 3. The van der Waals surface area contributed by atoms with Crippen molar-refractivity contribution in [3.05, 3.63) is 77.5 Å². The maximum absolute atomic E-state index is 13.1. The molecule has 2 heterocycles. The number of aliphatic hydroxyl groups excluding tert-OH is 2. The fourth-order valence-electron chi connectivity index (χ4n) is 4.11. The van der Waals surface area contributed by atoms with Gasteiger partial charge in [0.25, 0.3) is 0 Å². The highest BCUT2D eigenvalue weighted by Gasteiger charge is 2.30. The summed E-state index contributed by atoms with van der Waals surface area (Å²) in [4.78, 5) is 19.3. The zero-order chi connectivity index (χ0) is 25.0. The first-order chi connectivity index (χ1) is 16.8. The lowest BCUT2D eigenvalue weighted by atomic mass is 10.0. The second-order valence-electron chi connectivity index (χ2n) is 8.22. The Morgan fingerprint density at radius 1 is 1.09 bits per heavy atom. The minimum absolute atomic E-state index is 0.324. The smallest absolute Gasteiger partial charge is 0.393 e. The van der Waals surface area contributed by atoms with Gasteiger partial charge in [0, 0.05) is 36.6 Å². The number of carbonyl (C=O) groups excluding carboxylic acids is 1. The summed E-state index contributed by atoms with van der Waals surface area (Å²) in [6, 6.07) is 16.0.